The SMILES string of the molecule is Cc1ccccc1OCCSc1nnc(-c2ccc(OC(F)F)cc2)n1N. The number of para-hydroxylation sites is 1. The van der Waals surface area contributed by atoms with Crippen LogP contribution in [0.5, 0.6) is 11.5 Å². The van der Waals surface area contributed by atoms with E-state index in [0.29, 0.717) is 28.9 Å². The monoisotopic (exact) mass is 392 g/mol. The molecular formula is C18H18F2N4O2S. The van der Waals surface area contributed by atoms with Crippen LogP contribution in [0.1, 0.15) is 5.56 Å². The van der Waals surface area contributed by atoms with E-state index < -0.39 is 6.61 Å². The minimum Gasteiger partial charge on any atom is -0.492 e. The van der Waals surface area contributed by atoms with Gasteiger partial charge in [-0.05, 0) is 42.8 Å². The number of hydrogen-bond acceptors (Lipinski definition) is 6. The lowest BCUT2D eigenvalue weighted by molar-refractivity contribution is -0.0498. The third-order valence-corrected chi connectivity index (χ3v) is 4.58. The van der Waals surface area contributed by atoms with E-state index in [0.717, 1.165) is 11.3 Å². The molecule has 0 amide bonds. The number of alkyl halides is 2. The number of benzene rings is 2. The number of aryl methyl sites for hydroxylation is 1. The van der Waals surface area contributed by atoms with Crippen LogP contribution in [0, 0.1) is 6.92 Å². The summed E-state index contributed by atoms with van der Waals surface area (Å²) in [6.07, 6.45) is 0. The molecule has 1 aromatic heterocycles. The van der Waals surface area contributed by atoms with Crippen LogP contribution in [0.3, 0.4) is 0 Å². The van der Waals surface area contributed by atoms with Gasteiger partial charge in [-0.1, -0.05) is 30.0 Å². The average molecular weight is 392 g/mol. The number of nitrogens with two attached hydrogens (primary N) is 1. The largest absolute Gasteiger partial charge is 0.492 e. The molecule has 3 rings (SSSR count). The molecule has 2 aromatic carbocycles. The maximum absolute atomic E-state index is 12.2. The lowest BCUT2D eigenvalue weighted by Crippen LogP contribution is -2.12. The van der Waals surface area contributed by atoms with Crippen molar-refractivity contribution in [1.82, 2.24) is 14.9 Å². The number of rotatable bonds is 8. The van der Waals surface area contributed by atoms with Gasteiger partial charge in [-0.15, -0.1) is 10.2 Å². The fourth-order valence-corrected chi connectivity index (χ4v) is 3.03. The molecule has 0 atom stereocenters. The summed E-state index contributed by atoms with van der Waals surface area (Å²) in [4.78, 5) is 0. The number of ether oxygens (including phenoxy) is 2. The van der Waals surface area contributed by atoms with Gasteiger partial charge in [-0.3, -0.25) is 0 Å². The summed E-state index contributed by atoms with van der Waals surface area (Å²) in [5.41, 5.74) is 1.72. The minimum atomic E-state index is -2.86. The Kier molecular flexibility index (Phi) is 6.12. The molecule has 3 aromatic rings. The van der Waals surface area contributed by atoms with Crippen molar-refractivity contribution < 1.29 is 18.3 Å². The van der Waals surface area contributed by atoms with E-state index in [-0.39, 0.29) is 5.75 Å². The summed E-state index contributed by atoms with van der Waals surface area (Å²) >= 11 is 1.41. The van der Waals surface area contributed by atoms with E-state index in [9.17, 15) is 8.78 Å². The summed E-state index contributed by atoms with van der Waals surface area (Å²) < 4.78 is 35.8. The standard InChI is InChI=1S/C18H18F2N4O2S/c1-12-4-2-3-5-15(12)25-10-11-27-18-23-22-16(24(18)21)13-6-8-14(9-7-13)26-17(19)20/h2-9,17H,10-11,21H2,1H3. The van der Waals surface area contributed by atoms with Gasteiger partial charge in [0.1, 0.15) is 11.5 Å². The molecule has 0 fully saturated rings. The average Bonchev–Trinajstić information content (AvgIpc) is 3.01. The maximum Gasteiger partial charge on any atom is 0.387 e. The Morgan fingerprint density at radius 1 is 1.11 bits per heavy atom. The van der Waals surface area contributed by atoms with Gasteiger partial charge in [0.05, 0.1) is 6.61 Å². The van der Waals surface area contributed by atoms with Gasteiger partial charge in [0.15, 0.2) is 5.82 Å². The van der Waals surface area contributed by atoms with Crippen LogP contribution in [-0.2, 0) is 0 Å². The van der Waals surface area contributed by atoms with Crippen molar-refractivity contribution in [2.75, 3.05) is 18.2 Å². The first kappa shape index (κ1) is 19.0. The van der Waals surface area contributed by atoms with E-state index in [1.807, 2.05) is 31.2 Å². The number of hydrogen-bond donors (Lipinski definition) is 1. The third kappa shape index (κ3) is 4.88. The van der Waals surface area contributed by atoms with Crippen molar-refractivity contribution in [3.63, 3.8) is 0 Å². The molecule has 0 radical (unpaired) electrons. The molecule has 0 unspecified atom stereocenters. The molecule has 2 N–H and O–H groups in total. The lowest BCUT2D eigenvalue weighted by Gasteiger charge is -2.08. The Morgan fingerprint density at radius 2 is 1.85 bits per heavy atom. The van der Waals surface area contributed by atoms with Crippen molar-refractivity contribution >= 4 is 11.8 Å². The molecule has 0 saturated heterocycles. The van der Waals surface area contributed by atoms with E-state index >= 15 is 0 Å². The molecular weight excluding hydrogens is 374 g/mol. The summed E-state index contributed by atoms with van der Waals surface area (Å²) in [5.74, 6) is 8.04. The third-order valence-electron chi connectivity index (χ3n) is 3.67. The molecule has 0 saturated carbocycles. The Hall–Kier alpha value is -2.81. The highest BCUT2D eigenvalue weighted by Crippen LogP contribution is 2.24. The molecule has 0 aliphatic rings. The molecule has 9 heteroatoms. The van der Waals surface area contributed by atoms with Crippen LogP contribution in [0.2, 0.25) is 0 Å². The van der Waals surface area contributed by atoms with Gasteiger partial charge in [0, 0.05) is 11.3 Å². The molecule has 0 aliphatic heterocycles. The number of thioether (sulfide) groups is 1. The van der Waals surface area contributed by atoms with Gasteiger partial charge in [-0.25, -0.2) is 4.68 Å². The molecule has 27 heavy (non-hydrogen) atoms. The summed E-state index contributed by atoms with van der Waals surface area (Å²) in [5, 5.41) is 8.67. The number of nitrogens with zero attached hydrogens (tertiary/aromatic N) is 3. The smallest absolute Gasteiger partial charge is 0.387 e. The molecule has 6 nitrogen and oxygen atoms in total. The number of halogens is 2. The van der Waals surface area contributed by atoms with Crippen LogP contribution in [0.25, 0.3) is 11.4 Å². The highest BCUT2D eigenvalue weighted by Gasteiger charge is 2.13. The fourth-order valence-electron chi connectivity index (χ4n) is 2.36. The highest BCUT2D eigenvalue weighted by atomic mass is 32.2. The zero-order valence-corrected chi connectivity index (χ0v) is 15.3. The van der Waals surface area contributed by atoms with Crippen LogP contribution in [-0.4, -0.2) is 33.8 Å². The zero-order valence-electron chi connectivity index (χ0n) is 14.5. The van der Waals surface area contributed by atoms with Gasteiger partial charge >= 0.3 is 6.61 Å². The van der Waals surface area contributed by atoms with E-state index in [2.05, 4.69) is 14.9 Å². The Bertz CT molecular complexity index is 887. The Labute approximate surface area is 159 Å². The zero-order chi connectivity index (χ0) is 19.2. The Morgan fingerprint density at radius 3 is 2.56 bits per heavy atom. The quantitative estimate of drug-likeness (QED) is 0.358. The second-order valence-electron chi connectivity index (χ2n) is 5.54. The molecule has 0 aliphatic carbocycles. The first-order valence-electron chi connectivity index (χ1n) is 8.11. The van der Waals surface area contributed by atoms with Crippen molar-refractivity contribution in [3.8, 4) is 22.9 Å². The van der Waals surface area contributed by atoms with E-state index in [1.165, 1.54) is 28.6 Å². The molecule has 0 bridgehead atoms. The molecule has 0 spiro atoms. The topological polar surface area (TPSA) is 75.2 Å². The number of nitrogen functional groups attached to an aromatic ring is 1. The van der Waals surface area contributed by atoms with E-state index in [4.69, 9.17) is 10.6 Å². The number of aromatic nitrogens is 3. The van der Waals surface area contributed by atoms with E-state index in [1.54, 1.807) is 12.1 Å². The van der Waals surface area contributed by atoms with Crippen molar-refractivity contribution in [3.05, 3.63) is 54.1 Å². The first-order chi connectivity index (χ1) is 13.0. The van der Waals surface area contributed by atoms with Crippen LogP contribution >= 0.6 is 11.8 Å². The van der Waals surface area contributed by atoms with Gasteiger partial charge in [0.25, 0.3) is 0 Å². The normalized spacial score (nSPS) is 11.0. The summed E-state index contributed by atoms with van der Waals surface area (Å²) in [7, 11) is 0. The maximum atomic E-state index is 12.2. The fraction of sp³-hybridized carbons (Fsp3) is 0.222. The minimum absolute atomic E-state index is 0.0692. The van der Waals surface area contributed by atoms with Gasteiger partial charge in [-0.2, -0.15) is 8.78 Å². The molecule has 1 heterocycles. The first-order valence-corrected chi connectivity index (χ1v) is 9.10. The second-order valence-corrected chi connectivity index (χ2v) is 6.60. The van der Waals surface area contributed by atoms with Gasteiger partial charge < -0.3 is 15.3 Å². The predicted molar refractivity (Wildman–Crippen MR) is 99.6 cm³/mol. The van der Waals surface area contributed by atoms with Crippen molar-refractivity contribution in [2.45, 2.75) is 18.7 Å². The van der Waals surface area contributed by atoms with Crippen molar-refractivity contribution in [2.24, 2.45) is 0 Å². The lowest BCUT2D eigenvalue weighted by atomic mass is 10.2. The summed E-state index contributed by atoms with van der Waals surface area (Å²) in [6, 6.07) is 13.9. The highest BCUT2D eigenvalue weighted by molar-refractivity contribution is 7.99. The van der Waals surface area contributed by atoms with Crippen LogP contribution in [0.15, 0.2) is 53.7 Å². The predicted octanol–water partition coefficient (Wildman–Crippen LogP) is 3.74. The van der Waals surface area contributed by atoms with Crippen molar-refractivity contribution in [1.29, 1.82) is 0 Å². The Balaban J connectivity index is 1.57. The van der Waals surface area contributed by atoms with Gasteiger partial charge in [0.2, 0.25) is 5.16 Å². The second kappa shape index (κ2) is 8.72. The van der Waals surface area contributed by atoms with Crippen LogP contribution in [0.4, 0.5) is 8.78 Å². The summed E-state index contributed by atoms with van der Waals surface area (Å²) in [6.45, 7) is -0.376. The molecule has 142 valence electrons. The van der Waals surface area contributed by atoms with Crippen LogP contribution < -0.4 is 15.3 Å².